The molecule has 3 aliphatic rings. The van der Waals surface area contributed by atoms with Crippen molar-refractivity contribution in [2.75, 3.05) is 5.32 Å². The number of nitrogens with zero attached hydrogens (tertiary/aromatic N) is 1. The largest absolute Gasteiger partial charge is 0.387 e. The van der Waals surface area contributed by atoms with Gasteiger partial charge in [-0.25, -0.2) is 0 Å². The number of aliphatic hydroxyl groups excluding tert-OH is 1. The molecule has 2 unspecified atom stereocenters. The molecule has 6 nitrogen and oxygen atoms in total. The van der Waals surface area contributed by atoms with Crippen molar-refractivity contribution in [2.24, 2.45) is 0 Å². The van der Waals surface area contributed by atoms with Crippen LogP contribution >= 0.6 is 0 Å². The molecule has 172 valence electrons. The first-order valence-corrected chi connectivity index (χ1v) is 12.0. The van der Waals surface area contributed by atoms with Crippen LogP contribution in [0.5, 0.6) is 0 Å². The van der Waals surface area contributed by atoms with Crippen LogP contribution in [0.2, 0.25) is 0 Å². The van der Waals surface area contributed by atoms with Crippen molar-refractivity contribution in [1.29, 1.82) is 0 Å². The lowest BCUT2D eigenvalue weighted by Crippen LogP contribution is -2.40. The van der Waals surface area contributed by atoms with Crippen molar-refractivity contribution < 1.29 is 9.90 Å². The minimum absolute atomic E-state index is 0.0975. The number of carbonyl (C=O) groups is 1. The van der Waals surface area contributed by atoms with Crippen LogP contribution in [-0.2, 0) is 17.6 Å². The zero-order valence-electron chi connectivity index (χ0n) is 18.7. The highest BCUT2D eigenvalue weighted by Crippen LogP contribution is 2.26. The highest BCUT2D eigenvalue weighted by molar-refractivity contribution is 5.94. The Labute approximate surface area is 194 Å². The van der Waals surface area contributed by atoms with Gasteiger partial charge in [-0.15, -0.1) is 0 Å². The summed E-state index contributed by atoms with van der Waals surface area (Å²) in [5, 5.41) is 17.3. The van der Waals surface area contributed by atoms with Crippen LogP contribution in [0.1, 0.15) is 49.4 Å². The van der Waals surface area contributed by atoms with Gasteiger partial charge < -0.3 is 20.3 Å². The summed E-state index contributed by atoms with van der Waals surface area (Å²) in [5.74, 6) is -0.143. The Kier molecular flexibility index (Phi) is 6.29. The van der Waals surface area contributed by atoms with Crippen LogP contribution in [0, 0.1) is 0 Å². The number of benzene rings is 1. The second kappa shape index (κ2) is 9.49. The number of aromatic nitrogens is 1. The van der Waals surface area contributed by atoms with Crippen molar-refractivity contribution >= 4 is 11.6 Å². The third-order valence-electron chi connectivity index (χ3n) is 7.09. The van der Waals surface area contributed by atoms with Gasteiger partial charge in [0.1, 0.15) is 6.04 Å². The molecule has 1 aromatic carbocycles. The number of hydrogen-bond donors (Lipinski definition) is 3. The van der Waals surface area contributed by atoms with Crippen LogP contribution in [0.25, 0.3) is 0 Å². The van der Waals surface area contributed by atoms with Crippen molar-refractivity contribution in [3.63, 3.8) is 0 Å². The summed E-state index contributed by atoms with van der Waals surface area (Å²) in [6.07, 6.45) is 12.2. The first kappa shape index (κ1) is 21.9. The molecule has 0 bridgehead atoms. The van der Waals surface area contributed by atoms with Gasteiger partial charge in [0.25, 0.3) is 5.56 Å². The number of amides is 1. The normalized spacial score (nSPS) is 24.9. The Hall–Kier alpha value is -2.96. The quantitative estimate of drug-likeness (QED) is 0.637. The maximum Gasteiger partial charge on any atom is 0.251 e. The van der Waals surface area contributed by atoms with Gasteiger partial charge in [-0.2, -0.15) is 0 Å². The van der Waals surface area contributed by atoms with Crippen LogP contribution < -0.4 is 16.2 Å². The molecule has 0 spiro atoms. The molecule has 3 heterocycles. The summed E-state index contributed by atoms with van der Waals surface area (Å²) in [6, 6.07) is 13.1. The van der Waals surface area contributed by atoms with E-state index in [4.69, 9.17) is 0 Å². The molecule has 3 N–H and O–H groups in total. The molecule has 1 fully saturated rings. The summed E-state index contributed by atoms with van der Waals surface area (Å²) in [5.41, 5.74) is 3.77. The number of hydrogen-bond acceptors (Lipinski definition) is 4. The topological polar surface area (TPSA) is 83.4 Å². The number of carbonyl (C=O) groups excluding carboxylic acids is 1. The SMILES string of the molecule is O=C(Nc1ccc(C[C@@H]2CC[C@H](C(O)C3=CCCC=C3)N2)cc1)C1CCc2cccc(=O)n21. The van der Waals surface area contributed by atoms with E-state index in [1.165, 1.54) is 11.6 Å². The number of aryl methyl sites for hydroxylation is 1. The lowest BCUT2D eigenvalue weighted by Gasteiger charge is -2.22. The summed E-state index contributed by atoms with van der Waals surface area (Å²) >= 11 is 0. The van der Waals surface area contributed by atoms with E-state index in [0.29, 0.717) is 12.5 Å². The molecule has 2 aliphatic heterocycles. The standard InChI is InChI=1S/C27H31N3O3/c31-25-8-4-7-22-14-16-24(30(22)25)27(33)29-20-11-9-18(10-12-20)17-21-13-15-23(28-21)26(32)19-5-2-1-3-6-19/h2,4-12,21,23-24,26,28,32H,1,3,13-17H2,(H,29,33)/t21-,23+,24?,26?/m0/s1. The molecule has 1 aliphatic carbocycles. The van der Waals surface area contributed by atoms with E-state index >= 15 is 0 Å². The molecule has 0 radical (unpaired) electrons. The minimum atomic E-state index is -0.450. The first-order chi connectivity index (χ1) is 16.1. The van der Waals surface area contributed by atoms with Gasteiger partial charge in [0.15, 0.2) is 0 Å². The number of anilines is 1. The first-order valence-electron chi connectivity index (χ1n) is 12.0. The van der Waals surface area contributed by atoms with Gasteiger partial charge in [-0.05, 0) is 74.3 Å². The minimum Gasteiger partial charge on any atom is -0.387 e. The van der Waals surface area contributed by atoms with Crippen molar-refractivity contribution in [1.82, 2.24) is 9.88 Å². The van der Waals surface area contributed by atoms with Crippen LogP contribution in [-0.4, -0.2) is 33.8 Å². The monoisotopic (exact) mass is 445 g/mol. The van der Waals surface area contributed by atoms with E-state index in [0.717, 1.165) is 55.5 Å². The zero-order chi connectivity index (χ0) is 22.8. The molecule has 5 rings (SSSR count). The number of fused-ring (bicyclic) bond motifs is 1. The fourth-order valence-electron chi connectivity index (χ4n) is 5.34. The van der Waals surface area contributed by atoms with Crippen LogP contribution in [0.3, 0.4) is 0 Å². The number of nitrogens with one attached hydrogen (secondary N) is 2. The molecule has 1 aromatic heterocycles. The Morgan fingerprint density at radius 2 is 1.97 bits per heavy atom. The second-order valence-electron chi connectivity index (χ2n) is 9.35. The van der Waals surface area contributed by atoms with Crippen LogP contribution in [0.4, 0.5) is 5.69 Å². The Morgan fingerprint density at radius 3 is 2.76 bits per heavy atom. The van der Waals surface area contributed by atoms with Gasteiger partial charge in [0.05, 0.1) is 6.10 Å². The number of aliphatic hydroxyl groups is 1. The molecular weight excluding hydrogens is 414 g/mol. The molecule has 0 saturated carbocycles. The number of pyridine rings is 1. The summed E-state index contributed by atoms with van der Waals surface area (Å²) in [7, 11) is 0. The van der Waals surface area contributed by atoms with Crippen molar-refractivity contribution in [2.45, 2.75) is 69.2 Å². The average molecular weight is 446 g/mol. The van der Waals surface area contributed by atoms with E-state index in [2.05, 4.69) is 28.9 Å². The van der Waals surface area contributed by atoms with Crippen LogP contribution in [0.15, 0.2) is 71.1 Å². The van der Waals surface area contributed by atoms with E-state index in [9.17, 15) is 14.7 Å². The number of allylic oxidation sites excluding steroid dienone is 2. The summed E-state index contributed by atoms with van der Waals surface area (Å²) in [4.78, 5) is 25.0. The van der Waals surface area contributed by atoms with E-state index in [-0.39, 0.29) is 17.5 Å². The molecule has 33 heavy (non-hydrogen) atoms. The van der Waals surface area contributed by atoms with E-state index in [1.54, 1.807) is 10.6 Å². The summed E-state index contributed by atoms with van der Waals surface area (Å²) in [6.45, 7) is 0. The lowest BCUT2D eigenvalue weighted by atomic mass is 9.96. The predicted molar refractivity (Wildman–Crippen MR) is 129 cm³/mol. The fourth-order valence-corrected chi connectivity index (χ4v) is 5.34. The molecule has 2 aromatic rings. The zero-order valence-corrected chi connectivity index (χ0v) is 18.7. The molecule has 4 atom stereocenters. The Morgan fingerprint density at radius 1 is 1.12 bits per heavy atom. The Bertz CT molecular complexity index is 1130. The smallest absolute Gasteiger partial charge is 0.251 e. The van der Waals surface area contributed by atoms with Gasteiger partial charge in [-0.3, -0.25) is 9.59 Å². The third kappa shape index (κ3) is 4.72. The molecule has 1 saturated heterocycles. The van der Waals surface area contributed by atoms with Crippen molar-refractivity contribution in [3.05, 3.63) is 87.9 Å². The maximum absolute atomic E-state index is 12.8. The highest BCUT2D eigenvalue weighted by atomic mass is 16.3. The van der Waals surface area contributed by atoms with Crippen molar-refractivity contribution in [3.8, 4) is 0 Å². The van der Waals surface area contributed by atoms with E-state index < -0.39 is 12.1 Å². The predicted octanol–water partition coefficient (Wildman–Crippen LogP) is 3.27. The maximum atomic E-state index is 12.8. The summed E-state index contributed by atoms with van der Waals surface area (Å²) < 4.78 is 1.61. The average Bonchev–Trinajstić information content (AvgIpc) is 3.49. The third-order valence-corrected chi connectivity index (χ3v) is 7.09. The second-order valence-corrected chi connectivity index (χ2v) is 9.35. The molecule has 1 amide bonds. The molecule has 6 heteroatoms. The number of rotatable bonds is 6. The van der Waals surface area contributed by atoms with Gasteiger partial charge in [-0.1, -0.05) is 36.4 Å². The Balaban J connectivity index is 1.16. The molecular formula is C27H31N3O3. The van der Waals surface area contributed by atoms with E-state index in [1.807, 2.05) is 30.3 Å². The lowest BCUT2D eigenvalue weighted by molar-refractivity contribution is -0.119. The fraction of sp³-hybridized carbons (Fsp3) is 0.407. The van der Waals surface area contributed by atoms with Gasteiger partial charge >= 0.3 is 0 Å². The highest BCUT2D eigenvalue weighted by Gasteiger charge is 2.31. The van der Waals surface area contributed by atoms with Gasteiger partial charge in [0, 0.05) is 29.5 Å². The van der Waals surface area contributed by atoms with Gasteiger partial charge in [0.2, 0.25) is 5.91 Å².